The average molecular weight is 280 g/mol. The molecule has 0 bridgehead atoms. The molecule has 1 atom stereocenters. The molecule has 1 aromatic rings. The van der Waals surface area contributed by atoms with Crippen LogP contribution in [0.2, 0.25) is 0 Å². The lowest BCUT2D eigenvalue weighted by Crippen LogP contribution is -2.20. The van der Waals surface area contributed by atoms with E-state index in [0.29, 0.717) is 31.2 Å². The summed E-state index contributed by atoms with van der Waals surface area (Å²) in [5.74, 6) is 0.499. The van der Waals surface area contributed by atoms with Crippen molar-refractivity contribution in [1.82, 2.24) is 0 Å². The molecular weight excluding hydrogens is 260 g/mol. The molecule has 20 heavy (non-hydrogen) atoms. The Bertz CT molecular complexity index is 492. The van der Waals surface area contributed by atoms with E-state index < -0.39 is 4.92 Å². The standard InChI is InChI=1S/C14H20N2O4/c1-14(2,3)9-15-13-11(16(17)18)5-4-6-12(13)20-8-10-7-19-10/h4-6,10,15H,7-9H2,1-3H3. The zero-order chi connectivity index (χ0) is 14.8. The second kappa shape index (κ2) is 5.66. The summed E-state index contributed by atoms with van der Waals surface area (Å²) in [6.07, 6.45) is 0.115. The molecule has 0 spiro atoms. The van der Waals surface area contributed by atoms with E-state index in [1.54, 1.807) is 12.1 Å². The summed E-state index contributed by atoms with van der Waals surface area (Å²) in [6, 6.07) is 4.84. The molecule has 1 saturated heterocycles. The van der Waals surface area contributed by atoms with Crippen LogP contribution in [-0.4, -0.2) is 30.8 Å². The number of nitro groups is 1. The Hall–Kier alpha value is -1.82. The number of rotatable bonds is 6. The Morgan fingerprint density at radius 3 is 2.75 bits per heavy atom. The molecule has 1 aromatic carbocycles. The molecule has 110 valence electrons. The van der Waals surface area contributed by atoms with Gasteiger partial charge < -0.3 is 14.8 Å². The fourth-order valence-corrected chi connectivity index (χ4v) is 1.67. The monoisotopic (exact) mass is 280 g/mol. The van der Waals surface area contributed by atoms with Gasteiger partial charge in [-0.3, -0.25) is 10.1 Å². The van der Waals surface area contributed by atoms with Gasteiger partial charge in [0.15, 0.2) is 5.69 Å². The fraction of sp³-hybridized carbons (Fsp3) is 0.571. The smallest absolute Gasteiger partial charge is 0.296 e. The molecule has 6 heteroatoms. The van der Waals surface area contributed by atoms with Gasteiger partial charge in [0, 0.05) is 12.6 Å². The van der Waals surface area contributed by atoms with Crippen molar-refractivity contribution in [3.63, 3.8) is 0 Å². The lowest BCUT2D eigenvalue weighted by atomic mass is 9.97. The first-order valence-corrected chi connectivity index (χ1v) is 6.62. The Labute approximate surface area is 118 Å². The minimum Gasteiger partial charge on any atom is -0.488 e. The minimum atomic E-state index is -0.397. The van der Waals surface area contributed by atoms with Crippen molar-refractivity contribution in [2.24, 2.45) is 5.41 Å². The number of nitrogens with one attached hydrogen (secondary N) is 1. The van der Waals surface area contributed by atoms with Crippen molar-refractivity contribution in [2.45, 2.75) is 26.9 Å². The third kappa shape index (κ3) is 4.09. The van der Waals surface area contributed by atoms with E-state index in [9.17, 15) is 10.1 Å². The largest absolute Gasteiger partial charge is 0.488 e. The summed E-state index contributed by atoms with van der Waals surface area (Å²) in [5, 5.41) is 14.3. The Kier molecular flexibility index (Phi) is 4.13. The van der Waals surface area contributed by atoms with Gasteiger partial charge in [-0.05, 0) is 11.5 Å². The molecule has 1 fully saturated rings. The van der Waals surface area contributed by atoms with E-state index in [0.717, 1.165) is 0 Å². The van der Waals surface area contributed by atoms with Crippen LogP contribution in [0, 0.1) is 15.5 Å². The molecule has 1 aliphatic rings. The highest BCUT2D eigenvalue weighted by Crippen LogP contribution is 2.35. The van der Waals surface area contributed by atoms with E-state index in [4.69, 9.17) is 9.47 Å². The molecule has 0 aliphatic carbocycles. The number of epoxide rings is 1. The maximum atomic E-state index is 11.1. The summed E-state index contributed by atoms with van der Waals surface area (Å²) < 4.78 is 10.7. The molecule has 1 heterocycles. The number of hydrogen-bond donors (Lipinski definition) is 1. The Balaban J connectivity index is 2.19. The number of ether oxygens (including phenoxy) is 2. The number of anilines is 1. The number of para-hydroxylation sites is 1. The van der Waals surface area contributed by atoms with Crippen LogP contribution in [0.3, 0.4) is 0 Å². The summed E-state index contributed by atoms with van der Waals surface area (Å²) in [7, 11) is 0. The molecule has 0 radical (unpaired) electrons. The number of benzene rings is 1. The highest BCUT2D eigenvalue weighted by atomic mass is 16.6. The molecule has 1 aliphatic heterocycles. The van der Waals surface area contributed by atoms with E-state index in [2.05, 4.69) is 26.1 Å². The van der Waals surface area contributed by atoms with Gasteiger partial charge in [-0.15, -0.1) is 0 Å². The third-order valence-corrected chi connectivity index (χ3v) is 2.82. The van der Waals surface area contributed by atoms with Crippen molar-refractivity contribution in [3.8, 4) is 5.75 Å². The van der Waals surface area contributed by atoms with Gasteiger partial charge >= 0.3 is 0 Å². The van der Waals surface area contributed by atoms with Crippen LogP contribution in [0.1, 0.15) is 20.8 Å². The first kappa shape index (κ1) is 14.6. The van der Waals surface area contributed by atoms with Crippen LogP contribution in [0.15, 0.2) is 18.2 Å². The topological polar surface area (TPSA) is 76.9 Å². The molecule has 0 amide bonds. The number of hydrogen-bond acceptors (Lipinski definition) is 5. The molecule has 2 rings (SSSR count). The van der Waals surface area contributed by atoms with Crippen molar-refractivity contribution < 1.29 is 14.4 Å². The third-order valence-electron chi connectivity index (χ3n) is 2.82. The SMILES string of the molecule is CC(C)(C)CNc1c(OCC2CO2)cccc1[N+](=O)[O-]. The van der Waals surface area contributed by atoms with E-state index in [1.807, 2.05) is 0 Å². The van der Waals surface area contributed by atoms with Gasteiger partial charge in [0.1, 0.15) is 18.5 Å². The maximum Gasteiger partial charge on any atom is 0.296 e. The van der Waals surface area contributed by atoms with Crippen molar-refractivity contribution in [2.75, 3.05) is 25.1 Å². The molecule has 6 nitrogen and oxygen atoms in total. The second-order valence-corrected chi connectivity index (χ2v) is 6.09. The highest BCUT2D eigenvalue weighted by molar-refractivity contribution is 5.70. The summed E-state index contributed by atoms with van der Waals surface area (Å²) in [6.45, 7) is 7.92. The summed E-state index contributed by atoms with van der Waals surface area (Å²) in [5.41, 5.74) is 0.483. The Morgan fingerprint density at radius 2 is 2.20 bits per heavy atom. The first-order valence-electron chi connectivity index (χ1n) is 6.62. The number of nitro benzene ring substituents is 1. The zero-order valence-corrected chi connectivity index (χ0v) is 12.0. The van der Waals surface area contributed by atoms with Gasteiger partial charge in [0.05, 0.1) is 11.5 Å². The van der Waals surface area contributed by atoms with Crippen LogP contribution in [0.5, 0.6) is 5.75 Å². The fourth-order valence-electron chi connectivity index (χ4n) is 1.67. The highest BCUT2D eigenvalue weighted by Gasteiger charge is 2.25. The lowest BCUT2D eigenvalue weighted by Gasteiger charge is -2.21. The van der Waals surface area contributed by atoms with Gasteiger partial charge in [-0.2, -0.15) is 0 Å². The van der Waals surface area contributed by atoms with Crippen LogP contribution in [-0.2, 0) is 4.74 Å². The normalized spacial score (nSPS) is 17.6. The van der Waals surface area contributed by atoms with Crippen molar-refractivity contribution >= 4 is 11.4 Å². The zero-order valence-electron chi connectivity index (χ0n) is 12.0. The molecule has 0 aromatic heterocycles. The van der Waals surface area contributed by atoms with E-state index in [-0.39, 0.29) is 17.2 Å². The van der Waals surface area contributed by atoms with Crippen LogP contribution in [0.4, 0.5) is 11.4 Å². The van der Waals surface area contributed by atoms with Gasteiger partial charge in [-0.25, -0.2) is 0 Å². The summed E-state index contributed by atoms with van der Waals surface area (Å²) >= 11 is 0. The molecule has 0 saturated carbocycles. The Morgan fingerprint density at radius 1 is 1.50 bits per heavy atom. The predicted molar refractivity (Wildman–Crippen MR) is 76.3 cm³/mol. The van der Waals surface area contributed by atoms with Crippen LogP contribution >= 0.6 is 0 Å². The van der Waals surface area contributed by atoms with Crippen LogP contribution in [0.25, 0.3) is 0 Å². The minimum absolute atomic E-state index is 0.0145. The van der Waals surface area contributed by atoms with E-state index in [1.165, 1.54) is 6.07 Å². The molecule has 1 N–H and O–H groups in total. The van der Waals surface area contributed by atoms with Crippen molar-refractivity contribution in [3.05, 3.63) is 28.3 Å². The molecule has 1 unspecified atom stereocenters. The quantitative estimate of drug-likeness (QED) is 0.492. The predicted octanol–water partition coefficient (Wildman–Crippen LogP) is 2.83. The number of nitrogens with zero attached hydrogens (tertiary/aromatic N) is 1. The van der Waals surface area contributed by atoms with Gasteiger partial charge in [-0.1, -0.05) is 26.8 Å². The second-order valence-electron chi connectivity index (χ2n) is 6.09. The van der Waals surface area contributed by atoms with E-state index >= 15 is 0 Å². The lowest BCUT2D eigenvalue weighted by molar-refractivity contribution is -0.384. The summed E-state index contributed by atoms with van der Waals surface area (Å²) in [4.78, 5) is 10.7. The van der Waals surface area contributed by atoms with Gasteiger partial charge in [0.2, 0.25) is 0 Å². The first-order chi connectivity index (χ1) is 9.37. The van der Waals surface area contributed by atoms with Gasteiger partial charge in [0.25, 0.3) is 5.69 Å². The average Bonchev–Trinajstić information content (AvgIpc) is 3.16. The van der Waals surface area contributed by atoms with Crippen molar-refractivity contribution in [1.29, 1.82) is 0 Å². The maximum absolute atomic E-state index is 11.1. The molecular formula is C14H20N2O4. The van der Waals surface area contributed by atoms with Crippen LogP contribution < -0.4 is 10.1 Å².